The molecule has 1 unspecified atom stereocenters. The molecule has 0 saturated carbocycles. The maximum atomic E-state index is 12.3. The van der Waals surface area contributed by atoms with Crippen molar-refractivity contribution in [1.29, 1.82) is 0 Å². The summed E-state index contributed by atoms with van der Waals surface area (Å²) in [5.41, 5.74) is 3.77. The molecule has 0 spiro atoms. The fourth-order valence-corrected chi connectivity index (χ4v) is 2.13. The Hall–Kier alpha value is -3.75. The zero-order valence-electron chi connectivity index (χ0n) is 14.7. The SMILES string of the molecule is COC(=O)C(NC(=O)c1ccccc1)/C(C)=N/Nc1ccc([N+](=O)[O-])cc1. The third kappa shape index (κ3) is 5.36. The van der Waals surface area contributed by atoms with Gasteiger partial charge in [-0.1, -0.05) is 18.2 Å². The van der Waals surface area contributed by atoms with Crippen LogP contribution in [0.1, 0.15) is 17.3 Å². The van der Waals surface area contributed by atoms with Crippen molar-refractivity contribution in [2.45, 2.75) is 13.0 Å². The Balaban J connectivity index is 2.12. The molecule has 0 fully saturated rings. The van der Waals surface area contributed by atoms with Gasteiger partial charge in [-0.2, -0.15) is 5.10 Å². The topological polar surface area (TPSA) is 123 Å². The van der Waals surface area contributed by atoms with E-state index in [1.165, 1.54) is 31.4 Å². The Kier molecular flexibility index (Phi) is 6.59. The van der Waals surface area contributed by atoms with Gasteiger partial charge in [0.25, 0.3) is 11.6 Å². The molecule has 140 valence electrons. The first-order chi connectivity index (χ1) is 12.9. The number of nitro groups is 1. The van der Waals surface area contributed by atoms with Crippen LogP contribution < -0.4 is 10.7 Å². The number of hydrogen-bond acceptors (Lipinski definition) is 7. The monoisotopic (exact) mass is 370 g/mol. The van der Waals surface area contributed by atoms with E-state index in [4.69, 9.17) is 4.74 Å². The number of nitrogens with one attached hydrogen (secondary N) is 2. The minimum absolute atomic E-state index is 0.0520. The predicted molar refractivity (Wildman–Crippen MR) is 99.5 cm³/mol. The van der Waals surface area contributed by atoms with Crippen LogP contribution in [0.2, 0.25) is 0 Å². The Morgan fingerprint density at radius 1 is 1.11 bits per heavy atom. The highest BCUT2D eigenvalue weighted by Gasteiger charge is 2.25. The summed E-state index contributed by atoms with van der Waals surface area (Å²) in [6.07, 6.45) is 0. The van der Waals surface area contributed by atoms with Crippen molar-refractivity contribution in [3.05, 3.63) is 70.3 Å². The van der Waals surface area contributed by atoms with Gasteiger partial charge in [0.05, 0.1) is 23.4 Å². The second kappa shape index (κ2) is 9.09. The summed E-state index contributed by atoms with van der Waals surface area (Å²) in [5.74, 6) is -1.12. The van der Waals surface area contributed by atoms with Gasteiger partial charge >= 0.3 is 5.97 Å². The van der Waals surface area contributed by atoms with Gasteiger partial charge in [0.15, 0.2) is 6.04 Å². The normalized spacial score (nSPS) is 12.0. The fourth-order valence-electron chi connectivity index (χ4n) is 2.13. The number of benzene rings is 2. The molecular formula is C18H18N4O5. The Morgan fingerprint density at radius 2 is 1.74 bits per heavy atom. The summed E-state index contributed by atoms with van der Waals surface area (Å²) in [5, 5.41) is 17.3. The molecule has 0 aliphatic rings. The number of rotatable bonds is 7. The van der Waals surface area contributed by atoms with Crippen molar-refractivity contribution in [1.82, 2.24) is 5.32 Å². The Bertz CT molecular complexity index is 850. The number of esters is 1. The summed E-state index contributed by atoms with van der Waals surface area (Å²) < 4.78 is 4.73. The summed E-state index contributed by atoms with van der Waals surface area (Å²) in [6, 6.07) is 12.9. The number of nitrogens with zero attached hydrogens (tertiary/aromatic N) is 2. The van der Waals surface area contributed by atoms with Gasteiger partial charge in [0.2, 0.25) is 0 Å². The number of carbonyl (C=O) groups excluding carboxylic acids is 2. The molecule has 2 aromatic carbocycles. The molecule has 9 heteroatoms. The van der Waals surface area contributed by atoms with Gasteiger partial charge < -0.3 is 10.1 Å². The summed E-state index contributed by atoms with van der Waals surface area (Å²) in [4.78, 5) is 34.5. The van der Waals surface area contributed by atoms with E-state index in [1.807, 2.05) is 0 Å². The summed E-state index contributed by atoms with van der Waals surface area (Å²) in [7, 11) is 1.21. The van der Waals surface area contributed by atoms with Crippen LogP contribution in [0, 0.1) is 10.1 Å². The number of hydrogen-bond donors (Lipinski definition) is 2. The van der Waals surface area contributed by atoms with Crippen LogP contribution >= 0.6 is 0 Å². The molecule has 1 atom stereocenters. The number of carbonyl (C=O) groups is 2. The zero-order chi connectivity index (χ0) is 19.8. The zero-order valence-corrected chi connectivity index (χ0v) is 14.7. The van der Waals surface area contributed by atoms with E-state index in [0.29, 0.717) is 11.3 Å². The van der Waals surface area contributed by atoms with Crippen molar-refractivity contribution in [2.24, 2.45) is 5.10 Å². The third-order valence-corrected chi connectivity index (χ3v) is 3.61. The van der Waals surface area contributed by atoms with Crippen LogP contribution in [0.4, 0.5) is 11.4 Å². The standard InChI is InChI=1S/C18H18N4O5/c1-12(20-21-14-8-10-15(11-9-14)22(25)26)16(18(24)27-2)19-17(23)13-6-4-3-5-7-13/h3-11,16,21H,1-2H3,(H,19,23)/b20-12+. The lowest BCUT2D eigenvalue weighted by Gasteiger charge is -2.16. The Labute approximate surface area is 155 Å². The van der Waals surface area contributed by atoms with E-state index in [1.54, 1.807) is 37.3 Å². The average molecular weight is 370 g/mol. The first kappa shape index (κ1) is 19.6. The molecule has 0 saturated heterocycles. The highest BCUT2D eigenvalue weighted by molar-refractivity contribution is 6.09. The lowest BCUT2D eigenvalue weighted by Crippen LogP contribution is -2.46. The molecule has 0 bridgehead atoms. The van der Waals surface area contributed by atoms with Crippen LogP contribution in [0.5, 0.6) is 0 Å². The maximum absolute atomic E-state index is 12.3. The molecule has 0 radical (unpaired) electrons. The number of methoxy groups -OCH3 is 1. The van der Waals surface area contributed by atoms with E-state index >= 15 is 0 Å². The number of nitro benzene ring substituents is 1. The highest BCUT2D eigenvalue weighted by Crippen LogP contribution is 2.15. The van der Waals surface area contributed by atoms with Crippen molar-refractivity contribution >= 4 is 29.0 Å². The first-order valence-electron chi connectivity index (χ1n) is 7.90. The maximum Gasteiger partial charge on any atom is 0.334 e. The lowest BCUT2D eigenvalue weighted by atomic mass is 10.1. The number of hydrazone groups is 1. The van der Waals surface area contributed by atoms with Gasteiger partial charge in [-0.25, -0.2) is 4.79 Å². The average Bonchev–Trinajstić information content (AvgIpc) is 2.70. The molecular weight excluding hydrogens is 352 g/mol. The van der Waals surface area contributed by atoms with Crippen LogP contribution in [0.3, 0.4) is 0 Å². The predicted octanol–water partition coefficient (Wildman–Crippen LogP) is 2.35. The van der Waals surface area contributed by atoms with Gasteiger partial charge in [0.1, 0.15) is 0 Å². The smallest absolute Gasteiger partial charge is 0.334 e. The fraction of sp³-hybridized carbons (Fsp3) is 0.167. The van der Waals surface area contributed by atoms with E-state index in [2.05, 4.69) is 15.8 Å². The second-order valence-electron chi connectivity index (χ2n) is 5.46. The van der Waals surface area contributed by atoms with Gasteiger partial charge in [-0.3, -0.25) is 20.3 Å². The van der Waals surface area contributed by atoms with E-state index in [-0.39, 0.29) is 11.4 Å². The van der Waals surface area contributed by atoms with E-state index in [9.17, 15) is 19.7 Å². The minimum Gasteiger partial charge on any atom is -0.467 e. The molecule has 0 heterocycles. The van der Waals surface area contributed by atoms with Gasteiger partial charge in [0, 0.05) is 17.7 Å². The highest BCUT2D eigenvalue weighted by atomic mass is 16.6. The molecule has 27 heavy (non-hydrogen) atoms. The molecule has 2 rings (SSSR count). The quantitative estimate of drug-likeness (QED) is 0.334. The Morgan fingerprint density at radius 3 is 2.30 bits per heavy atom. The van der Waals surface area contributed by atoms with Crippen LogP contribution in [-0.2, 0) is 9.53 Å². The molecule has 0 aromatic heterocycles. The van der Waals surface area contributed by atoms with E-state index in [0.717, 1.165) is 0 Å². The van der Waals surface area contributed by atoms with Crippen molar-refractivity contribution < 1.29 is 19.2 Å². The molecule has 0 aliphatic carbocycles. The molecule has 2 aromatic rings. The number of non-ortho nitro benzene ring substituents is 1. The van der Waals surface area contributed by atoms with Crippen molar-refractivity contribution in [3.63, 3.8) is 0 Å². The van der Waals surface area contributed by atoms with Crippen LogP contribution in [0.15, 0.2) is 59.7 Å². The van der Waals surface area contributed by atoms with Gasteiger partial charge in [-0.15, -0.1) is 0 Å². The number of amides is 1. The molecule has 9 nitrogen and oxygen atoms in total. The number of anilines is 1. The minimum atomic E-state index is -1.09. The van der Waals surface area contributed by atoms with Gasteiger partial charge in [-0.05, 0) is 31.2 Å². The van der Waals surface area contributed by atoms with Crippen LogP contribution in [0.25, 0.3) is 0 Å². The molecule has 2 N–H and O–H groups in total. The first-order valence-corrected chi connectivity index (χ1v) is 7.90. The van der Waals surface area contributed by atoms with Crippen molar-refractivity contribution in [3.8, 4) is 0 Å². The third-order valence-electron chi connectivity index (χ3n) is 3.61. The second-order valence-corrected chi connectivity index (χ2v) is 5.46. The molecule has 1 amide bonds. The lowest BCUT2D eigenvalue weighted by molar-refractivity contribution is -0.384. The summed E-state index contributed by atoms with van der Waals surface area (Å²) >= 11 is 0. The van der Waals surface area contributed by atoms with Crippen molar-refractivity contribution in [2.75, 3.05) is 12.5 Å². The number of ether oxygens (including phenoxy) is 1. The molecule has 0 aliphatic heterocycles. The summed E-state index contributed by atoms with van der Waals surface area (Å²) in [6.45, 7) is 1.55. The van der Waals surface area contributed by atoms with Crippen LogP contribution in [-0.4, -0.2) is 35.7 Å². The largest absolute Gasteiger partial charge is 0.467 e. The van der Waals surface area contributed by atoms with E-state index < -0.39 is 22.8 Å².